The van der Waals surface area contributed by atoms with Gasteiger partial charge in [0.1, 0.15) is 12.1 Å². The number of pyridine rings is 1. The van der Waals surface area contributed by atoms with Gasteiger partial charge in [-0.1, -0.05) is 42.3 Å². The molecular formula is C34H35ClFN9O3. The fraction of sp³-hybridized carbons (Fsp3) is 0.324. The van der Waals surface area contributed by atoms with Crippen LogP contribution in [0.4, 0.5) is 27.3 Å². The van der Waals surface area contributed by atoms with Crippen molar-refractivity contribution in [1.82, 2.24) is 20.3 Å². The summed E-state index contributed by atoms with van der Waals surface area (Å²) < 4.78 is 19.9. The van der Waals surface area contributed by atoms with E-state index in [1.807, 2.05) is 37.3 Å². The molecule has 6 rings (SSSR count). The normalized spacial score (nSPS) is 20.7. The van der Waals surface area contributed by atoms with Crippen LogP contribution in [-0.4, -0.2) is 46.0 Å². The van der Waals surface area contributed by atoms with Crippen LogP contribution in [-0.2, 0) is 20.9 Å². The number of ether oxygens (including phenoxy) is 1. The van der Waals surface area contributed by atoms with Crippen molar-refractivity contribution in [2.45, 2.75) is 57.8 Å². The number of halogens is 2. The van der Waals surface area contributed by atoms with Gasteiger partial charge in [0, 0.05) is 36.5 Å². The zero-order valence-electron chi connectivity index (χ0n) is 26.7. The maximum absolute atomic E-state index is 14.8. The number of benzene rings is 2. The molecule has 4 unspecified atom stereocenters. The maximum Gasteiger partial charge on any atom is 0.249 e. The van der Waals surface area contributed by atoms with Crippen LogP contribution in [0, 0.1) is 11.7 Å². The van der Waals surface area contributed by atoms with Crippen LogP contribution >= 0.6 is 11.6 Å². The Morgan fingerprint density at radius 1 is 1.10 bits per heavy atom. The van der Waals surface area contributed by atoms with Gasteiger partial charge in [-0.25, -0.2) is 19.4 Å². The number of fused-ring (bicyclic) bond motifs is 4. The lowest BCUT2D eigenvalue weighted by Crippen LogP contribution is -2.44. The van der Waals surface area contributed by atoms with E-state index in [0.29, 0.717) is 43.1 Å². The number of aromatic nitrogens is 3. The van der Waals surface area contributed by atoms with Gasteiger partial charge in [0.25, 0.3) is 0 Å². The number of anilines is 4. The Balaban J connectivity index is 1.26. The summed E-state index contributed by atoms with van der Waals surface area (Å²) in [7, 11) is 1.60. The highest BCUT2D eigenvalue weighted by Crippen LogP contribution is 2.35. The Hall–Kier alpha value is -5.01. The largest absolute Gasteiger partial charge is 0.378 e. The maximum atomic E-state index is 14.8. The third-order valence-electron chi connectivity index (χ3n) is 8.47. The minimum Gasteiger partial charge on any atom is -0.378 e. The summed E-state index contributed by atoms with van der Waals surface area (Å²) in [5.41, 5.74) is 4.49. The standard InChI is InChI=1S/C34H35ClFN9O3/c1-19-6-4-8-26(41-34(47)32-20(2)45(44-43-32)29-9-5-7-25(35)31(29)36)28-14-21(12-13-37-28)24-11-10-22(15-27(24)42-33(19)46)40-30-16-23(17-48-3)38-18-39-30/h5,7,9-16,18-20,26,32H,4,6,8,17H2,1-3H3,(H,41,47)(H,42,46)(H,38,39,40). The summed E-state index contributed by atoms with van der Waals surface area (Å²) in [6.45, 7) is 4.00. The van der Waals surface area contributed by atoms with Gasteiger partial charge in [0.15, 0.2) is 11.9 Å². The second-order valence-corrected chi connectivity index (χ2v) is 12.3. The zero-order chi connectivity index (χ0) is 33.8. The molecule has 2 bridgehead atoms. The lowest BCUT2D eigenvalue weighted by Gasteiger charge is -2.25. The van der Waals surface area contributed by atoms with Gasteiger partial charge in [0.05, 0.1) is 46.5 Å². The predicted molar refractivity (Wildman–Crippen MR) is 180 cm³/mol. The number of nitrogens with one attached hydrogen (secondary N) is 3. The monoisotopic (exact) mass is 671 g/mol. The highest BCUT2D eigenvalue weighted by Gasteiger charge is 2.37. The van der Waals surface area contributed by atoms with Crippen molar-refractivity contribution < 1.29 is 18.7 Å². The summed E-state index contributed by atoms with van der Waals surface area (Å²) in [6.07, 6.45) is 4.95. The molecule has 248 valence electrons. The molecule has 0 saturated heterocycles. The average Bonchev–Trinajstić information content (AvgIpc) is 3.46. The lowest BCUT2D eigenvalue weighted by molar-refractivity contribution is -0.123. The first kappa shape index (κ1) is 32.9. The van der Waals surface area contributed by atoms with E-state index in [1.165, 1.54) is 17.4 Å². The van der Waals surface area contributed by atoms with E-state index < -0.39 is 23.9 Å². The van der Waals surface area contributed by atoms with E-state index in [2.05, 4.69) is 41.2 Å². The van der Waals surface area contributed by atoms with Gasteiger partial charge in [-0.3, -0.25) is 14.6 Å². The summed E-state index contributed by atoms with van der Waals surface area (Å²) >= 11 is 5.98. The molecule has 2 aliphatic rings. The van der Waals surface area contributed by atoms with Crippen molar-refractivity contribution >= 4 is 46.3 Å². The van der Waals surface area contributed by atoms with Crippen molar-refractivity contribution in [3.63, 3.8) is 0 Å². The van der Waals surface area contributed by atoms with Crippen LogP contribution in [0.15, 0.2) is 77.5 Å². The van der Waals surface area contributed by atoms with Gasteiger partial charge in [-0.05, 0) is 61.7 Å². The smallest absolute Gasteiger partial charge is 0.249 e. The number of methoxy groups -OCH3 is 1. The highest BCUT2D eigenvalue weighted by molar-refractivity contribution is 6.31. The van der Waals surface area contributed by atoms with Crippen molar-refractivity contribution in [2.24, 2.45) is 16.3 Å². The molecular weight excluding hydrogens is 637 g/mol. The molecule has 0 aliphatic carbocycles. The Kier molecular flexibility index (Phi) is 9.88. The topological polar surface area (TPSA) is 146 Å². The molecule has 4 atom stereocenters. The molecule has 2 aromatic carbocycles. The third-order valence-corrected chi connectivity index (χ3v) is 8.76. The Labute approximate surface area is 282 Å². The third kappa shape index (κ3) is 7.11. The summed E-state index contributed by atoms with van der Waals surface area (Å²) in [6, 6.07) is 14.0. The molecule has 2 amide bonds. The first-order valence-corrected chi connectivity index (χ1v) is 16.0. The number of hydrogen-bond acceptors (Lipinski definition) is 10. The average molecular weight is 672 g/mol. The highest BCUT2D eigenvalue weighted by atomic mass is 35.5. The number of rotatable bonds is 7. The van der Waals surface area contributed by atoms with E-state index >= 15 is 0 Å². The molecule has 2 aromatic heterocycles. The molecule has 3 N–H and O–H groups in total. The second-order valence-electron chi connectivity index (χ2n) is 11.9. The van der Waals surface area contributed by atoms with E-state index in [-0.39, 0.29) is 28.4 Å². The van der Waals surface area contributed by atoms with Crippen molar-refractivity contribution in [1.29, 1.82) is 0 Å². The van der Waals surface area contributed by atoms with Gasteiger partial charge in [-0.15, -0.1) is 0 Å². The number of amides is 2. The van der Waals surface area contributed by atoms with Crippen molar-refractivity contribution in [2.75, 3.05) is 22.8 Å². The SMILES string of the molecule is COCc1cc(Nc2ccc3c(c2)NC(=O)C(C)CCCC(NC(=O)C2N=NN(c4cccc(Cl)c4F)C2C)c2cc-3ccn2)ncn1. The van der Waals surface area contributed by atoms with Gasteiger partial charge in [-0.2, -0.15) is 5.11 Å². The molecule has 14 heteroatoms. The minimum absolute atomic E-state index is 0.0405. The van der Waals surface area contributed by atoms with E-state index in [4.69, 9.17) is 16.3 Å². The Morgan fingerprint density at radius 3 is 2.79 bits per heavy atom. The Bertz CT molecular complexity index is 1860. The molecule has 4 aromatic rings. The number of carbonyl (C=O) groups is 2. The molecule has 2 aliphatic heterocycles. The summed E-state index contributed by atoms with van der Waals surface area (Å²) in [5, 5.41) is 19.1. The van der Waals surface area contributed by atoms with Gasteiger partial charge < -0.3 is 20.7 Å². The molecule has 12 nitrogen and oxygen atoms in total. The molecule has 0 radical (unpaired) electrons. The lowest BCUT2D eigenvalue weighted by atomic mass is 9.95. The van der Waals surface area contributed by atoms with Crippen LogP contribution in [0.5, 0.6) is 0 Å². The van der Waals surface area contributed by atoms with Crippen molar-refractivity contribution in [3.8, 4) is 11.1 Å². The number of nitrogens with zero attached hydrogens (tertiary/aromatic N) is 6. The van der Waals surface area contributed by atoms with Crippen LogP contribution < -0.4 is 21.0 Å². The van der Waals surface area contributed by atoms with Crippen LogP contribution in [0.2, 0.25) is 5.02 Å². The van der Waals surface area contributed by atoms with E-state index in [9.17, 15) is 14.0 Å². The van der Waals surface area contributed by atoms with E-state index in [0.717, 1.165) is 22.5 Å². The van der Waals surface area contributed by atoms with Crippen LogP contribution in [0.25, 0.3) is 11.1 Å². The van der Waals surface area contributed by atoms with E-state index in [1.54, 1.807) is 38.4 Å². The quantitative estimate of drug-likeness (QED) is 0.195. The first-order chi connectivity index (χ1) is 23.2. The van der Waals surface area contributed by atoms with Crippen LogP contribution in [0.1, 0.15) is 50.5 Å². The van der Waals surface area contributed by atoms with Gasteiger partial charge in [0.2, 0.25) is 11.8 Å². The molecule has 48 heavy (non-hydrogen) atoms. The molecule has 0 spiro atoms. The zero-order valence-corrected chi connectivity index (χ0v) is 27.4. The molecule has 0 fully saturated rings. The number of hydrogen-bond donors (Lipinski definition) is 3. The second kappa shape index (κ2) is 14.4. The minimum atomic E-state index is -0.884. The summed E-state index contributed by atoms with van der Waals surface area (Å²) in [5.74, 6) is -0.799. The summed E-state index contributed by atoms with van der Waals surface area (Å²) in [4.78, 5) is 40.2. The Morgan fingerprint density at radius 2 is 1.96 bits per heavy atom. The van der Waals surface area contributed by atoms with Crippen LogP contribution in [0.3, 0.4) is 0 Å². The number of carbonyl (C=O) groups excluding carboxylic acids is 2. The molecule has 0 saturated carbocycles. The predicted octanol–water partition coefficient (Wildman–Crippen LogP) is 6.78. The molecule has 4 heterocycles. The fourth-order valence-corrected chi connectivity index (χ4v) is 5.99. The first-order valence-electron chi connectivity index (χ1n) is 15.6. The van der Waals surface area contributed by atoms with Crippen molar-refractivity contribution in [3.05, 3.63) is 89.3 Å². The fourth-order valence-electron chi connectivity index (χ4n) is 5.82. The van der Waals surface area contributed by atoms with Gasteiger partial charge >= 0.3 is 0 Å².